The van der Waals surface area contributed by atoms with Gasteiger partial charge in [-0.2, -0.15) is 0 Å². The fourth-order valence-electron chi connectivity index (χ4n) is 0.538. The molecule has 1 heterocycles. The van der Waals surface area contributed by atoms with Gasteiger partial charge in [0.05, 0.1) is 11.4 Å². The van der Waals surface area contributed by atoms with Gasteiger partial charge in [-0.25, -0.2) is 0 Å². The molecule has 10 heavy (non-hydrogen) atoms. The van der Waals surface area contributed by atoms with Gasteiger partial charge < -0.3 is 17.5 Å². The maximum absolute atomic E-state index is 11.7. The molecule has 0 N–H and O–H groups in total. The molecule has 0 bridgehead atoms. The molecule has 0 saturated carbocycles. The van der Waals surface area contributed by atoms with E-state index in [1.807, 2.05) is 0 Å². The number of nitrogens with zero attached hydrogens (tertiary/aromatic N) is 1. The van der Waals surface area contributed by atoms with E-state index in [-0.39, 0.29) is 5.69 Å². The first kappa shape index (κ1) is 7.18. The lowest BCUT2D eigenvalue weighted by atomic mass is 9.87. The van der Waals surface area contributed by atoms with Crippen LogP contribution in [0.15, 0.2) is 10.6 Å². The largest absolute Gasteiger partial charge is 0.547 e. The van der Waals surface area contributed by atoms with Gasteiger partial charge in [0.15, 0.2) is 0 Å². The Morgan fingerprint density at radius 2 is 2.10 bits per heavy atom. The highest BCUT2D eigenvalue weighted by molar-refractivity contribution is 6.72. The van der Waals surface area contributed by atoms with Gasteiger partial charge in [0.2, 0.25) is 0 Å². The van der Waals surface area contributed by atoms with Crippen molar-refractivity contribution in [3.05, 3.63) is 11.8 Å². The number of aryl methyl sites for hydroxylation is 1. The van der Waals surface area contributed by atoms with Gasteiger partial charge in [-0.15, -0.1) is 0 Å². The van der Waals surface area contributed by atoms with Crippen molar-refractivity contribution in [2.45, 2.75) is 6.92 Å². The second kappa shape index (κ2) is 2.03. The van der Waals surface area contributed by atoms with Gasteiger partial charge in [-0.1, -0.05) is 5.16 Å². The minimum atomic E-state index is -5.01. The summed E-state index contributed by atoms with van der Waals surface area (Å²) in [7, 11) is 0. The van der Waals surface area contributed by atoms with Crippen molar-refractivity contribution in [1.82, 2.24) is 5.16 Å². The summed E-state index contributed by atoms with van der Waals surface area (Å²) in [5.74, 6) is 0. The van der Waals surface area contributed by atoms with E-state index in [9.17, 15) is 12.9 Å². The molecular formula is C4H4BF3NO-. The monoisotopic (exact) mass is 150 g/mol. The van der Waals surface area contributed by atoms with Crippen LogP contribution >= 0.6 is 0 Å². The van der Waals surface area contributed by atoms with Crippen molar-refractivity contribution in [2.75, 3.05) is 0 Å². The zero-order chi connectivity index (χ0) is 7.78. The Morgan fingerprint density at radius 3 is 2.30 bits per heavy atom. The van der Waals surface area contributed by atoms with E-state index in [1.165, 1.54) is 6.92 Å². The lowest BCUT2D eigenvalue weighted by Gasteiger charge is -2.07. The van der Waals surface area contributed by atoms with Crippen LogP contribution in [0, 0.1) is 6.92 Å². The molecule has 0 aliphatic rings. The van der Waals surface area contributed by atoms with E-state index in [1.54, 1.807) is 0 Å². The average molecular weight is 150 g/mol. The zero-order valence-electron chi connectivity index (χ0n) is 5.14. The molecule has 1 rings (SSSR count). The molecule has 0 radical (unpaired) electrons. The lowest BCUT2D eigenvalue weighted by Crippen LogP contribution is -2.32. The van der Waals surface area contributed by atoms with Crippen molar-refractivity contribution >= 4 is 12.6 Å². The molecular weight excluding hydrogens is 146 g/mol. The predicted octanol–water partition coefficient (Wildman–Crippen LogP) is 1.04. The van der Waals surface area contributed by atoms with Gasteiger partial charge in [0.1, 0.15) is 0 Å². The van der Waals surface area contributed by atoms with Crippen LogP contribution in [0.3, 0.4) is 0 Å². The Balaban J connectivity index is 2.96. The third-order valence-corrected chi connectivity index (χ3v) is 0.969. The average Bonchev–Trinajstić information content (AvgIpc) is 2.11. The molecule has 0 spiro atoms. The van der Waals surface area contributed by atoms with Gasteiger partial charge in [0, 0.05) is 0 Å². The molecule has 0 fully saturated rings. The van der Waals surface area contributed by atoms with E-state index >= 15 is 0 Å². The fraction of sp³-hybridized carbons (Fsp3) is 0.250. The first-order valence-corrected chi connectivity index (χ1v) is 2.63. The Kier molecular flexibility index (Phi) is 1.46. The van der Waals surface area contributed by atoms with Crippen LogP contribution in [0.4, 0.5) is 12.9 Å². The third kappa shape index (κ3) is 1.31. The van der Waals surface area contributed by atoms with Crippen LogP contribution in [-0.4, -0.2) is 12.1 Å². The number of rotatable bonds is 1. The second-order valence-corrected chi connectivity index (χ2v) is 1.95. The Hall–Kier alpha value is -0.935. The van der Waals surface area contributed by atoms with Gasteiger partial charge >= 0.3 is 6.98 Å². The molecule has 0 saturated heterocycles. The summed E-state index contributed by atoms with van der Waals surface area (Å²) in [4.78, 5) is 0. The standard InChI is InChI=1S/C4H4BF3NO/c1-3-2-4(10-9-3)5(6,7)8/h2H,1H3/q-1. The molecule has 0 atom stereocenters. The molecule has 0 aromatic carbocycles. The van der Waals surface area contributed by atoms with Crippen LogP contribution in [0.1, 0.15) is 5.69 Å². The Labute approximate surface area is 55.1 Å². The molecule has 0 unspecified atom stereocenters. The molecule has 56 valence electrons. The molecule has 0 aliphatic carbocycles. The van der Waals surface area contributed by atoms with Gasteiger partial charge in [0.25, 0.3) is 0 Å². The summed E-state index contributed by atoms with van der Waals surface area (Å²) in [6.45, 7) is -3.57. The quantitative estimate of drug-likeness (QED) is 0.558. The summed E-state index contributed by atoms with van der Waals surface area (Å²) in [6, 6.07) is 0.875. The Bertz CT molecular complexity index is 231. The fourth-order valence-corrected chi connectivity index (χ4v) is 0.538. The van der Waals surface area contributed by atoms with E-state index in [0.29, 0.717) is 0 Å². The number of hydrogen-bond donors (Lipinski definition) is 0. The highest BCUT2D eigenvalue weighted by atomic mass is 19.4. The van der Waals surface area contributed by atoms with Crippen molar-refractivity contribution in [2.24, 2.45) is 0 Å². The molecule has 0 aliphatic heterocycles. The second-order valence-electron chi connectivity index (χ2n) is 1.95. The first-order chi connectivity index (χ1) is 4.50. The van der Waals surface area contributed by atoms with Crippen LogP contribution in [0.25, 0.3) is 0 Å². The van der Waals surface area contributed by atoms with Crippen molar-refractivity contribution < 1.29 is 17.5 Å². The molecule has 1 aromatic heterocycles. The van der Waals surface area contributed by atoms with Crippen molar-refractivity contribution in [3.8, 4) is 0 Å². The van der Waals surface area contributed by atoms with E-state index in [2.05, 4.69) is 9.68 Å². The zero-order valence-corrected chi connectivity index (χ0v) is 5.14. The molecule has 6 heteroatoms. The molecule has 1 aromatic rings. The van der Waals surface area contributed by atoms with E-state index < -0.39 is 12.6 Å². The number of aromatic nitrogens is 1. The van der Waals surface area contributed by atoms with Crippen LogP contribution in [0.5, 0.6) is 0 Å². The normalized spacial score (nSPS) is 12.0. The maximum atomic E-state index is 11.7. The van der Waals surface area contributed by atoms with Crippen molar-refractivity contribution in [3.63, 3.8) is 0 Å². The highest BCUT2D eigenvalue weighted by Crippen LogP contribution is 2.08. The summed E-state index contributed by atoms with van der Waals surface area (Å²) < 4.78 is 39.2. The molecule has 2 nitrogen and oxygen atoms in total. The Morgan fingerprint density at radius 1 is 1.50 bits per heavy atom. The van der Waals surface area contributed by atoms with E-state index in [0.717, 1.165) is 6.07 Å². The van der Waals surface area contributed by atoms with Crippen LogP contribution in [0.2, 0.25) is 0 Å². The van der Waals surface area contributed by atoms with E-state index in [4.69, 9.17) is 0 Å². The van der Waals surface area contributed by atoms with Crippen LogP contribution < -0.4 is 5.66 Å². The highest BCUT2D eigenvalue weighted by Gasteiger charge is 2.30. The first-order valence-electron chi connectivity index (χ1n) is 2.63. The summed E-state index contributed by atoms with van der Waals surface area (Å²) in [5.41, 5.74) is -0.744. The van der Waals surface area contributed by atoms with Crippen LogP contribution in [-0.2, 0) is 0 Å². The lowest BCUT2D eigenvalue weighted by molar-refractivity contribution is 0.401. The van der Waals surface area contributed by atoms with Gasteiger partial charge in [-0.05, 0) is 13.0 Å². The van der Waals surface area contributed by atoms with Crippen molar-refractivity contribution in [1.29, 1.82) is 0 Å². The third-order valence-electron chi connectivity index (χ3n) is 0.969. The summed E-state index contributed by atoms with van der Waals surface area (Å²) in [5, 5.41) is 3.10. The predicted molar refractivity (Wildman–Crippen MR) is 30.0 cm³/mol. The summed E-state index contributed by atoms with van der Waals surface area (Å²) in [6.07, 6.45) is 0. The smallest absolute Gasteiger partial charge is 0.443 e. The SMILES string of the molecule is Cc1cc([B-](F)(F)F)on1. The maximum Gasteiger partial charge on any atom is 0.547 e. The summed E-state index contributed by atoms with van der Waals surface area (Å²) >= 11 is 0. The number of hydrogen-bond acceptors (Lipinski definition) is 2. The van der Waals surface area contributed by atoms with Gasteiger partial charge in [-0.3, -0.25) is 0 Å². The topological polar surface area (TPSA) is 26.0 Å². The minimum absolute atomic E-state index is 0.245. The minimum Gasteiger partial charge on any atom is -0.443 e. The molecule has 0 amide bonds. The number of halogens is 3.